The number of nitrogens with zero attached hydrogens (tertiary/aromatic N) is 1. The van der Waals surface area contributed by atoms with E-state index in [1.807, 2.05) is 30.3 Å². The van der Waals surface area contributed by atoms with Gasteiger partial charge in [0.2, 0.25) is 0 Å². The molecular weight excluding hydrogens is 291 g/mol. The van der Waals surface area contributed by atoms with E-state index in [-0.39, 0.29) is 6.04 Å². The number of fused-ring (bicyclic) bond motifs is 1. The van der Waals surface area contributed by atoms with E-state index in [1.165, 1.54) is 0 Å². The van der Waals surface area contributed by atoms with Crippen LogP contribution < -0.4 is 5.73 Å². The molecule has 0 saturated heterocycles. The van der Waals surface area contributed by atoms with Crippen molar-refractivity contribution in [3.05, 3.63) is 75.9 Å². The van der Waals surface area contributed by atoms with Gasteiger partial charge in [-0.3, -0.25) is 4.98 Å². The van der Waals surface area contributed by atoms with E-state index in [4.69, 9.17) is 28.9 Å². The Kier molecular flexibility index (Phi) is 3.62. The molecule has 100 valence electrons. The second-order valence-electron chi connectivity index (χ2n) is 4.60. The Morgan fingerprint density at radius 3 is 2.70 bits per heavy atom. The Morgan fingerprint density at radius 1 is 1.00 bits per heavy atom. The van der Waals surface area contributed by atoms with Gasteiger partial charge in [-0.2, -0.15) is 0 Å². The van der Waals surface area contributed by atoms with Crippen molar-refractivity contribution in [3.63, 3.8) is 0 Å². The molecule has 0 aliphatic carbocycles. The minimum absolute atomic E-state index is 0.326. The van der Waals surface area contributed by atoms with Gasteiger partial charge in [-0.05, 0) is 41.5 Å². The van der Waals surface area contributed by atoms with Gasteiger partial charge in [-0.15, -0.1) is 0 Å². The van der Waals surface area contributed by atoms with Crippen LogP contribution in [0.25, 0.3) is 10.9 Å². The zero-order chi connectivity index (χ0) is 14.1. The fourth-order valence-corrected chi connectivity index (χ4v) is 2.63. The molecule has 0 fully saturated rings. The maximum absolute atomic E-state index is 6.31. The van der Waals surface area contributed by atoms with Crippen molar-refractivity contribution in [1.29, 1.82) is 0 Å². The quantitative estimate of drug-likeness (QED) is 0.752. The molecule has 4 heteroatoms. The molecule has 2 aromatic carbocycles. The first kappa shape index (κ1) is 13.4. The van der Waals surface area contributed by atoms with E-state index >= 15 is 0 Å². The van der Waals surface area contributed by atoms with E-state index in [2.05, 4.69) is 4.98 Å². The normalized spacial score (nSPS) is 12.6. The van der Waals surface area contributed by atoms with Crippen LogP contribution in [-0.4, -0.2) is 4.98 Å². The number of nitrogens with two attached hydrogens (primary N) is 1. The third-order valence-electron chi connectivity index (χ3n) is 3.28. The van der Waals surface area contributed by atoms with E-state index in [1.54, 1.807) is 24.4 Å². The second kappa shape index (κ2) is 5.41. The molecule has 3 aromatic rings. The van der Waals surface area contributed by atoms with E-state index < -0.39 is 0 Å². The molecule has 2 N–H and O–H groups in total. The van der Waals surface area contributed by atoms with Crippen molar-refractivity contribution in [2.75, 3.05) is 0 Å². The zero-order valence-electron chi connectivity index (χ0n) is 10.6. The first-order valence-electron chi connectivity index (χ1n) is 6.20. The number of halogens is 2. The maximum Gasteiger partial charge on any atom is 0.0705 e. The van der Waals surface area contributed by atoms with Crippen LogP contribution in [-0.2, 0) is 0 Å². The molecule has 0 spiro atoms. The number of benzene rings is 2. The molecule has 0 bridgehead atoms. The summed E-state index contributed by atoms with van der Waals surface area (Å²) in [5.74, 6) is 0. The third-order valence-corrected chi connectivity index (χ3v) is 3.86. The molecule has 1 aromatic heterocycles. The van der Waals surface area contributed by atoms with Crippen molar-refractivity contribution in [3.8, 4) is 0 Å². The lowest BCUT2D eigenvalue weighted by Gasteiger charge is -2.15. The van der Waals surface area contributed by atoms with Gasteiger partial charge >= 0.3 is 0 Å². The van der Waals surface area contributed by atoms with Gasteiger partial charge in [0.05, 0.1) is 11.6 Å². The third kappa shape index (κ3) is 2.50. The van der Waals surface area contributed by atoms with Crippen molar-refractivity contribution >= 4 is 34.1 Å². The highest BCUT2D eigenvalue weighted by Gasteiger charge is 2.13. The van der Waals surface area contributed by atoms with Crippen LogP contribution in [0.15, 0.2) is 54.7 Å². The summed E-state index contributed by atoms with van der Waals surface area (Å²) in [6, 6.07) is 14.9. The predicted octanol–water partition coefficient (Wildman–Crippen LogP) is 4.59. The summed E-state index contributed by atoms with van der Waals surface area (Å²) in [5.41, 5.74) is 8.99. The zero-order valence-corrected chi connectivity index (χ0v) is 12.1. The van der Waals surface area contributed by atoms with Crippen molar-refractivity contribution < 1.29 is 0 Å². The summed E-state index contributed by atoms with van der Waals surface area (Å²) in [7, 11) is 0. The summed E-state index contributed by atoms with van der Waals surface area (Å²) >= 11 is 12.2. The molecule has 0 radical (unpaired) electrons. The summed E-state index contributed by atoms with van der Waals surface area (Å²) in [6.45, 7) is 0. The summed E-state index contributed by atoms with van der Waals surface area (Å²) in [4.78, 5) is 4.34. The topological polar surface area (TPSA) is 38.9 Å². The Balaban J connectivity index is 2.07. The highest BCUT2D eigenvalue weighted by atomic mass is 35.5. The maximum atomic E-state index is 6.31. The van der Waals surface area contributed by atoms with Crippen LogP contribution in [0, 0.1) is 0 Å². The lowest BCUT2D eigenvalue weighted by atomic mass is 9.98. The Labute approximate surface area is 127 Å². The minimum atomic E-state index is -0.326. The van der Waals surface area contributed by atoms with Gasteiger partial charge in [0, 0.05) is 21.6 Å². The van der Waals surface area contributed by atoms with Crippen molar-refractivity contribution in [2.45, 2.75) is 6.04 Å². The first-order valence-corrected chi connectivity index (χ1v) is 6.96. The van der Waals surface area contributed by atoms with Gasteiger partial charge in [-0.25, -0.2) is 0 Å². The van der Waals surface area contributed by atoms with Gasteiger partial charge in [-0.1, -0.05) is 41.4 Å². The minimum Gasteiger partial charge on any atom is -0.320 e. The van der Waals surface area contributed by atoms with Crippen molar-refractivity contribution in [2.24, 2.45) is 5.73 Å². The largest absolute Gasteiger partial charge is 0.320 e. The smallest absolute Gasteiger partial charge is 0.0705 e. The van der Waals surface area contributed by atoms with E-state index in [9.17, 15) is 0 Å². The Hall–Kier alpha value is -1.61. The van der Waals surface area contributed by atoms with Gasteiger partial charge < -0.3 is 5.73 Å². The molecule has 1 atom stereocenters. The first-order chi connectivity index (χ1) is 9.65. The molecule has 0 saturated carbocycles. The van der Waals surface area contributed by atoms with Crippen molar-refractivity contribution in [1.82, 2.24) is 4.98 Å². The molecular formula is C16H12Cl2N2. The van der Waals surface area contributed by atoms with Crippen LogP contribution in [0.4, 0.5) is 0 Å². The van der Waals surface area contributed by atoms with Gasteiger partial charge in [0.1, 0.15) is 0 Å². The highest BCUT2D eigenvalue weighted by Crippen LogP contribution is 2.30. The Morgan fingerprint density at radius 2 is 1.85 bits per heavy atom. The molecule has 0 aliphatic heterocycles. The molecule has 0 amide bonds. The summed E-state index contributed by atoms with van der Waals surface area (Å²) in [5, 5.41) is 2.32. The number of hydrogen-bond donors (Lipinski definition) is 1. The molecule has 20 heavy (non-hydrogen) atoms. The van der Waals surface area contributed by atoms with Crippen LogP contribution in [0.2, 0.25) is 10.0 Å². The van der Waals surface area contributed by atoms with Crippen LogP contribution >= 0.6 is 23.2 Å². The molecule has 1 heterocycles. The number of rotatable bonds is 2. The van der Waals surface area contributed by atoms with Crippen LogP contribution in [0.3, 0.4) is 0 Å². The SMILES string of the molecule is NC(c1ccc2cccnc2c1)c1cc(Cl)ccc1Cl. The molecule has 1 unspecified atom stereocenters. The lowest BCUT2D eigenvalue weighted by molar-refractivity contribution is 0.873. The monoisotopic (exact) mass is 302 g/mol. The predicted molar refractivity (Wildman–Crippen MR) is 84.2 cm³/mol. The van der Waals surface area contributed by atoms with Crippen LogP contribution in [0.5, 0.6) is 0 Å². The highest BCUT2D eigenvalue weighted by molar-refractivity contribution is 6.33. The number of aromatic nitrogens is 1. The summed E-state index contributed by atoms with van der Waals surface area (Å²) in [6.07, 6.45) is 1.77. The van der Waals surface area contributed by atoms with Crippen LogP contribution in [0.1, 0.15) is 17.2 Å². The Bertz CT molecular complexity index is 771. The number of pyridine rings is 1. The molecule has 3 rings (SSSR count). The standard InChI is InChI=1S/C16H12Cl2N2/c17-12-5-6-14(18)13(9-12)16(19)11-4-3-10-2-1-7-20-15(10)8-11/h1-9,16H,19H2. The van der Waals surface area contributed by atoms with E-state index in [0.717, 1.165) is 22.0 Å². The average molecular weight is 303 g/mol. The van der Waals surface area contributed by atoms with Gasteiger partial charge in [0.25, 0.3) is 0 Å². The summed E-state index contributed by atoms with van der Waals surface area (Å²) < 4.78 is 0. The molecule has 2 nitrogen and oxygen atoms in total. The fraction of sp³-hybridized carbons (Fsp3) is 0.0625. The lowest BCUT2D eigenvalue weighted by Crippen LogP contribution is -2.12. The average Bonchev–Trinajstić information content (AvgIpc) is 2.48. The molecule has 0 aliphatic rings. The fourth-order valence-electron chi connectivity index (χ4n) is 2.21. The van der Waals surface area contributed by atoms with Gasteiger partial charge in [0.15, 0.2) is 0 Å². The van der Waals surface area contributed by atoms with E-state index in [0.29, 0.717) is 10.0 Å². The number of hydrogen-bond acceptors (Lipinski definition) is 2. The second-order valence-corrected chi connectivity index (χ2v) is 5.44.